The topological polar surface area (TPSA) is 0 Å². The van der Waals surface area contributed by atoms with E-state index in [0.717, 1.165) is 10.9 Å². The first-order chi connectivity index (χ1) is 7.09. The molecule has 0 nitrogen and oxygen atoms in total. The van der Waals surface area contributed by atoms with Crippen molar-refractivity contribution in [3.8, 4) is 0 Å². The van der Waals surface area contributed by atoms with Crippen LogP contribution in [0.3, 0.4) is 0 Å². The zero-order valence-electron chi connectivity index (χ0n) is 7.88. The number of halogens is 3. The maximum atomic E-state index is 3.71. The SMILES string of the molecule is BrC1=CCC(Br)(Br)C(c2ccccc2)=C1. The lowest BCUT2D eigenvalue weighted by molar-refractivity contribution is 1.04. The molecule has 0 aliphatic heterocycles. The molecule has 0 fully saturated rings. The molecule has 0 unspecified atom stereocenters. The molecule has 0 radical (unpaired) electrons. The molecule has 1 aliphatic carbocycles. The fourth-order valence-corrected chi connectivity index (χ4v) is 2.95. The average Bonchev–Trinajstić information content (AvgIpc) is 2.23. The first kappa shape index (κ1) is 11.6. The quantitative estimate of drug-likeness (QED) is 0.573. The number of rotatable bonds is 1. The molecule has 1 aliphatic rings. The Balaban J connectivity index is 2.47. The monoisotopic (exact) mass is 390 g/mol. The van der Waals surface area contributed by atoms with Gasteiger partial charge < -0.3 is 0 Å². The maximum absolute atomic E-state index is 3.71. The Morgan fingerprint density at radius 3 is 2.40 bits per heavy atom. The molecule has 2 rings (SSSR count). The largest absolute Gasteiger partial charge is 0.109 e. The first-order valence-electron chi connectivity index (χ1n) is 4.61. The summed E-state index contributed by atoms with van der Waals surface area (Å²) in [6, 6.07) is 10.4. The van der Waals surface area contributed by atoms with Crippen LogP contribution in [0.4, 0.5) is 0 Å². The molecule has 15 heavy (non-hydrogen) atoms. The van der Waals surface area contributed by atoms with E-state index in [4.69, 9.17) is 0 Å². The molecule has 0 spiro atoms. The molecular formula is C12H9Br3. The van der Waals surface area contributed by atoms with Crippen molar-refractivity contribution in [3.63, 3.8) is 0 Å². The van der Waals surface area contributed by atoms with Crippen molar-refractivity contribution in [2.24, 2.45) is 0 Å². The fourth-order valence-electron chi connectivity index (χ4n) is 1.55. The summed E-state index contributed by atoms with van der Waals surface area (Å²) in [5, 5.41) is 0. The zero-order valence-corrected chi connectivity index (χ0v) is 12.6. The Hall–Kier alpha value is 0.140. The van der Waals surface area contributed by atoms with Crippen LogP contribution < -0.4 is 0 Å². The van der Waals surface area contributed by atoms with Crippen molar-refractivity contribution in [1.82, 2.24) is 0 Å². The minimum atomic E-state index is -0.140. The van der Waals surface area contributed by atoms with Crippen molar-refractivity contribution in [2.75, 3.05) is 0 Å². The molecule has 0 saturated carbocycles. The Kier molecular flexibility index (Phi) is 3.53. The molecule has 0 N–H and O–H groups in total. The summed E-state index contributed by atoms with van der Waals surface area (Å²) in [7, 11) is 0. The van der Waals surface area contributed by atoms with Crippen LogP contribution in [0.15, 0.2) is 47.0 Å². The smallest absolute Gasteiger partial charge is 0.0677 e. The van der Waals surface area contributed by atoms with Gasteiger partial charge in [-0.1, -0.05) is 84.2 Å². The van der Waals surface area contributed by atoms with Gasteiger partial charge >= 0.3 is 0 Å². The van der Waals surface area contributed by atoms with Gasteiger partial charge in [-0.15, -0.1) is 0 Å². The minimum absolute atomic E-state index is 0.140. The van der Waals surface area contributed by atoms with Crippen LogP contribution in [0.2, 0.25) is 0 Å². The van der Waals surface area contributed by atoms with E-state index in [9.17, 15) is 0 Å². The van der Waals surface area contributed by atoms with Crippen LogP contribution in [0.25, 0.3) is 5.57 Å². The second-order valence-electron chi connectivity index (χ2n) is 3.42. The average molecular weight is 393 g/mol. The molecule has 3 heteroatoms. The molecule has 0 amide bonds. The minimum Gasteiger partial charge on any atom is -0.0677 e. The van der Waals surface area contributed by atoms with Crippen molar-refractivity contribution in [1.29, 1.82) is 0 Å². The van der Waals surface area contributed by atoms with E-state index >= 15 is 0 Å². The summed E-state index contributed by atoms with van der Waals surface area (Å²) in [4.78, 5) is 0. The van der Waals surface area contributed by atoms with E-state index in [1.807, 2.05) is 6.07 Å². The van der Waals surface area contributed by atoms with E-state index < -0.39 is 0 Å². The van der Waals surface area contributed by atoms with Crippen molar-refractivity contribution < 1.29 is 0 Å². The van der Waals surface area contributed by atoms with Gasteiger partial charge in [-0.25, -0.2) is 0 Å². The second kappa shape index (κ2) is 4.56. The van der Waals surface area contributed by atoms with Gasteiger partial charge in [0.25, 0.3) is 0 Å². The van der Waals surface area contributed by atoms with E-state index in [1.165, 1.54) is 11.1 Å². The van der Waals surface area contributed by atoms with E-state index in [1.54, 1.807) is 0 Å². The summed E-state index contributed by atoms with van der Waals surface area (Å²) in [5.41, 5.74) is 2.48. The van der Waals surface area contributed by atoms with E-state index in [-0.39, 0.29) is 3.23 Å². The third-order valence-electron chi connectivity index (χ3n) is 2.31. The molecule has 0 saturated heterocycles. The Morgan fingerprint density at radius 2 is 1.73 bits per heavy atom. The van der Waals surface area contributed by atoms with Gasteiger partial charge in [0.05, 0.1) is 0 Å². The normalized spacial score (nSPS) is 19.4. The number of alkyl halides is 2. The Morgan fingerprint density at radius 1 is 1.07 bits per heavy atom. The molecule has 0 atom stereocenters. The molecule has 78 valence electrons. The summed E-state index contributed by atoms with van der Waals surface area (Å²) in [5.74, 6) is 0. The van der Waals surface area contributed by atoms with Gasteiger partial charge in [0.1, 0.15) is 3.23 Å². The lowest BCUT2D eigenvalue weighted by Crippen LogP contribution is -2.15. The van der Waals surface area contributed by atoms with Crippen LogP contribution in [0, 0.1) is 0 Å². The van der Waals surface area contributed by atoms with Crippen LogP contribution in [-0.2, 0) is 0 Å². The van der Waals surface area contributed by atoms with E-state index in [0.29, 0.717) is 0 Å². The van der Waals surface area contributed by atoms with Crippen LogP contribution in [0.5, 0.6) is 0 Å². The van der Waals surface area contributed by atoms with Crippen molar-refractivity contribution in [3.05, 3.63) is 52.5 Å². The van der Waals surface area contributed by atoms with E-state index in [2.05, 4.69) is 84.2 Å². The third kappa shape index (κ3) is 2.63. The molecule has 1 aromatic carbocycles. The predicted octanol–water partition coefficient (Wildman–Crippen LogP) is 5.24. The molecule has 0 aromatic heterocycles. The number of hydrogen-bond acceptors (Lipinski definition) is 0. The maximum Gasteiger partial charge on any atom is 0.109 e. The van der Waals surface area contributed by atoms with Crippen LogP contribution in [-0.4, -0.2) is 3.23 Å². The van der Waals surface area contributed by atoms with Gasteiger partial charge in [0.2, 0.25) is 0 Å². The van der Waals surface area contributed by atoms with Gasteiger partial charge in [0, 0.05) is 4.48 Å². The molecule has 1 aromatic rings. The number of allylic oxidation sites excluding steroid dienone is 4. The van der Waals surface area contributed by atoms with Gasteiger partial charge in [-0.05, 0) is 23.6 Å². The summed E-state index contributed by atoms with van der Waals surface area (Å²) in [6.07, 6.45) is 5.21. The highest BCUT2D eigenvalue weighted by Crippen LogP contribution is 2.47. The lowest BCUT2D eigenvalue weighted by Gasteiger charge is -2.26. The Bertz CT molecular complexity index is 416. The zero-order chi connectivity index (χ0) is 10.9. The van der Waals surface area contributed by atoms with Gasteiger partial charge in [0.15, 0.2) is 0 Å². The third-order valence-corrected chi connectivity index (χ3v) is 4.37. The summed E-state index contributed by atoms with van der Waals surface area (Å²) >= 11 is 10.9. The number of benzene rings is 1. The predicted molar refractivity (Wildman–Crippen MR) is 76.6 cm³/mol. The highest BCUT2D eigenvalue weighted by Gasteiger charge is 2.30. The van der Waals surface area contributed by atoms with Gasteiger partial charge in [-0.2, -0.15) is 0 Å². The van der Waals surface area contributed by atoms with Crippen molar-refractivity contribution in [2.45, 2.75) is 9.65 Å². The summed E-state index contributed by atoms with van der Waals surface area (Å²) < 4.78 is 0.995. The number of hydrogen-bond donors (Lipinski definition) is 0. The second-order valence-corrected chi connectivity index (χ2v) is 8.11. The summed E-state index contributed by atoms with van der Waals surface area (Å²) in [6.45, 7) is 0. The van der Waals surface area contributed by atoms with Crippen LogP contribution in [0.1, 0.15) is 12.0 Å². The molecule has 0 heterocycles. The molecule has 0 bridgehead atoms. The van der Waals surface area contributed by atoms with Gasteiger partial charge in [-0.3, -0.25) is 0 Å². The molecular weight excluding hydrogens is 384 g/mol. The van der Waals surface area contributed by atoms with Crippen LogP contribution >= 0.6 is 47.8 Å². The van der Waals surface area contributed by atoms with Crippen molar-refractivity contribution >= 4 is 53.4 Å². The highest BCUT2D eigenvalue weighted by atomic mass is 79.9. The first-order valence-corrected chi connectivity index (χ1v) is 6.98. The fraction of sp³-hybridized carbons (Fsp3) is 0.167. The Labute approximate surface area is 115 Å². The lowest BCUT2D eigenvalue weighted by atomic mass is 9.97. The highest BCUT2D eigenvalue weighted by molar-refractivity contribution is 9.25. The standard InChI is InChI=1S/C12H9Br3/c13-10-6-7-12(14,15)11(8-10)9-4-2-1-3-5-9/h1-6,8H,7H2.